The fraction of sp³-hybridized carbons (Fsp3) is 0.440. The number of fused-ring (bicyclic) bond motifs is 1. The van der Waals surface area contributed by atoms with Gasteiger partial charge in [0.05, 0.1) is 11.8 Å². The van der Waals surface area contributed by atoms with Gasteiger partial charge in [0, 0.05) is 42.9 Å². The highest BCUT2D eigenvalue weighted by Crippen LogP contribution is 2.31. The van der Waals surface area contributed by atoms with Gasteiger partial charge < -0.3 is 15.3 Å². The highest BCUT2D eigenvalue weighted by Gasteiger charge is 2.39. The van der Waals surface area contributed by atoms with Gasteiger partial charge in [-0.1, -0.05) is 6.07 Å². The van der Waals surface area contributed by atoms with Gasteiger partial charge >= 0.3 is 0 Å². The first-order chi connectivity index (χ1) is 16.0. The molecular formula is C25H28N4O4. The minimum Gasteiger partial charge on any atom is -0.393 e. The van der Waals surface area contributed by atoms with Crippen LogP contribution in [0.25, 0.3) is 11.3 Å². The smallest absolute Gasteiger partial charge is 0.255 e. The number of rotatable bonds is 5. The number of nitrogens with zero attached hydrogens (tertiary/aromatic N) is 2. The Labute approximate surface area is 192 Å². The Hall–Kier alpha value is -3.10. The molecule has 1 aliphatic carbocycles. The van der Waals surface area contributed by atoms with Crippen molar-refractivity contribution in [2.75, 3.05) is 0 Å². The van der Waals surface area contributed by atoms with Crippen molar-refractivity contribution in [3.05, 3.63) is 53.2 Å². The summed E-state index contributed by atoms with van der Waals surface area (Å²) < 4.78 is 0. The Bertz CT molecular complexity index is 1090. The lowest BCUT2D eigenvalue weighted by atomic mass is 9.93. The monoisotopic (exact) mass is 448 g/mol. The number of hydrogen-bond acceptors (Lipinski definition) is 6. The molecule has 1 aromatic carbocycles. The summed E-state index contributed by atoms with van der Waals surface area (Å²) in [7, 11) is 0. The van der Waals surface area contributed by atoms with E-state index in [0.717, 1.165) is 54.6 Å². The Morgan fingerprint density at radius 2 is 1.88 bits per heavy atom. The van der Waals surface area contributed by atoms with Crippen molar-refractivity contribution in [1.82, 2.24) is 20.5 Å². The topological polar surface area (TPSA) is 112 Å². The van der Waals surface area contributed by atoms with Crippen LogP contribution in [0.4, 0.5) is 0 Å². The second-order valence-electron chi connectivity index (χ2n) is 9.21. The Balaban J connectivity index is 1.28. The van der Waals surface area contributed by atoms with Crippen LogP contribution in [0.15, 0.2) is 36.5 Å². The second kappa shape index (κ2) is 9.03. The van der Waals surface area contributed by atoms with Crippen molar-refractivity contribution in [3.8, 4) is 11.3 Å². The van der Waals surface area contributed by atoms with Crippen LogP contribution in [-0.4, -0.2) is 50.9 Å². The number of aliphatic hydroxyl groups is 1. The number of benzene rings is 1. The third-order valence-electron chi connectivity index (χ3n) is 6.94. The van der Waals surface area contributed by atoms with E-state index in [2.05, 4.69) is 21.7 Å². The van der Waals surface area contributed by atoms with Gasteiger partial charge in [0.1, 0.15) is 6.04 Å². The third kappa shape index (κ3) is 4.54. The molecule has 0 spiro atoms. The predicted molar refractivity (Wildman–Crippen MR) is 121 cm³/mol. The number of nitrogens with one attached hydrogen (secondary N) is 2. The normalized spacial score (nSPS) is 25.2. The van der Waals surface area contributed by atoms with Crippen molar-refractivity contribution in [1.29, 1.82) is 0 Å². The van der Waals surface area contributed by atoms with Gasteiger partial charge in [0.2, 0.25) is 11.8 Å². The molecule has 1 aromatic heterocycles. The Morgan fingerprint density at radius 3 is 2.67 bits per heavy atom. The van der Waals surface area contributed by atoms with Crippen LogP contribution in [0, 0.1) is 0 Å². The first kappa shape index (κ1) is 21.7. The number of aliphatic hydroxyl groups excluding tert-OH is 1. The molecule has 1 saturated carbocycles. The summed E-state index contributed by atoms with van der Waals surface area (Å²) in [5.41, 5.74) is 4.36. The molecule has 3 amide bonds. The van der Waals surface area contributed by atoms with E-state index in [-0.39, 0.29) is 24.3 Å². The van der Waals surface area contributed by atoms with Gasteiger partial charge in [-0.05, 0) is 67.5 Å². The number of carbonyl (C=O) groups is 3. The van der Waals surface area contributed by atoms with E-state index in [4.69, 9.17) is 0 Å². The molecule has 5 rings (SSSR count). The maximum atomic E-state index is 12.9. The van der Waals surface area contributed by atoms with Crippen molar-refractivity contribution in [3.63, 3.8) is 0 Å². The Morgan fingerprint density at radius 1 is 1.06 bits per heavy atom. The van der Waals surface area contributed by atoms with Gasteiger partial charge in [-0.3, -0.25) is 24.7 Å². The Kier molecular flexibility index (Phi) is 5.95. The van der Waals surface area contributed by atoms with E-state index in [0.29, 0.717) is 24.6 Å². The van der Waals surface area contributed by atoms with Gasteiger partial charge in [-0.15, -0.1) is 0 Å². The number of imide groups is 1. The molecular weight excluding hydrogens is 420 g/mol. The number of amides is 3. The molecule has 2 aromatic rings. The SMILES string of the molecule is O=C1CCC(N2Cc3cc(-c4cc(CNC5CCC(O)CC5)ccn4)ccc3C2=O)C(=O)N1. The molecule has 3 N–H and O–H groups in total. The molecule has 3 aliphatic rings. The fourth-order valence-electron chi connectivity index (χ4n) is 5.02. The lowest BCUT2D eigenvalue weighted by Gasteiger charge is -2.29. The minimum atomic E-state index is -0.612. The number of pyridine rings is 1. The van der Waals surface area contributed by atoms with E-state index in [1.807, 2.05) is 18.2 Å². The van der Waals surface area contributed by atoms with Crippen LogP contribution in [-0.2, 0) is 22.7 Å². The van der Waals surface area contributed by atoms with Crippen molar-refractivity contribution >= 4 is 17.7 Å². The summed E-state index contributed by atoms with van der Waals surface area (Å²) in [6.45, 7) is 1.09. The van der Waals surface area contributed by atoms with Gasteiger partial charge in [-0.25, -0.2) is 0 Å². The number of piperidine rings is 1. The summed E-state index contributed by atoms with van der Waals surface area (Å²) in [6, 6.07) is 9.54. The predicted octanol–water partition coefficient (Wildman–Crippen LogP) is 1.90. The van der Waals surface area contributed by atoms with Gasteiger partial charge in [0.25, 0.3) is 5.91 Å². The molecule has 3 heterocycles. The fourth-order valence-corrected chi connectivity index (χ4v) is 5.02. The minimum absolute atomic E-state index is 0.159. The summed E-state index contributed by atoms with van der Waals surface area (Å²) in [4.78, 5) is 42.7. The quantitative estimate of drug-likeness (QED) is 0.603. The zero-order valence-corrected chi connectivity index (χ0v) is 18.4. The first-order valence-corrected chi connectivity index (χ1v) is 11.6. The summed E-state index contributed by atoms with van der Waals surface area (Å²) >= 11 is 0. The molecule has 172 valence electrons. The molecule has 2 fully saturated rings. The van der Waals surface area contributed by atoms with E-state index >= 15 is 0 Å². The molecule has 0 radical (unpaired) electrons. The molecule has 8 heteroatoms. The molecule has 8 nitrogen and oxygen atoms in total. The first-order valence-electron chi connectivity index (χ1n) is 11.6. The van der Waals surface area contributed by atoms with Gasteiger partial charge in [0.15, 0.2) is 0 Å². The summed E-state index contributed by atoms with van der Waals surface area (Å²) in [5, 5.41) is 15.6. The summed E-state index contributed by atoms with van der Waals surface area (Å²) in [6.07, 6.45) is 5.91. The van der Waals surface area contributed by atoms with Crippen LogP contribution in [0.1, 0.15) is 60.0 Å². The maximum Gasteiger partial charge on any atom is 0.255 e. The lowest BCUT2D eigenvalue weighted by molar-refractivity contribution is -0.136. The third-order valence-corrected chi connectivity index (χ3v) is 6.94. The van der Waals surface area contributed by atoms with Crippen molar-refractivity contribution in [2.45, 2.75) is 69.8 Å². The average Bonchev–Trinajstić information content (AvgIpc) is 3.14. The van der Waals surface area contributed by atoms with Gasteiger partial charge in [-0.2, -0.15) is 0 Å². The average molecular weight is 449 g/mol. The highest BCUT2D eigenvalue weighted by molar-refractivity contribution is 6.05. The van der Waals surface area contributed by atoms with Crippen molar-refractivity contribution in [2.24, 2.45) is 0 Å². The van der Waals surface area contributed by atoms with Crippen LogP contribution in [0.3, 0.4) is 0 Å². The number of aromatic nitrogens is 1. The molecule has 2 aliphatic heterocycles. The number of hydrogen-bond donors (Lipinski definition) is 3. The number of carbonyl (C=O) groups excluding carboxylic acids is 3. The standard InChI is InChI=1S/C25H28N4O4/c30-19-4-2-18(3-5-19)27-13-15-9-10-26-21(11-15)16-1-6-20-17(12-16)14-29(25(20)33)22-7-8-23(31)28-24(22)32/h1,6,9-12,18-19,22,27,30H,2-5,7-8,13-14H2,(H,28,31,32). The van der Waals surface area contributed by atoms with E-state index in [1.165, 1.54) is 0 Å². The van der Waals surface area contributed by atoms with Crippen molar-refractivity contribution < 1.29 is 19.5 Å². The van der Waals surface area contributed by atoms with Crippen LogP contribution in [0.5, 0.6) is 0 Å². The zero-order valence-electron chi connectivity index (χ0n) is 18.4. The van der Waals surface area contributed by atoms with E-state index in [1.54, 1.807) is 17.2 Å². The highest BCUT2D eigenvalue weighted by atomic mass is 16.3. The molecule has 33 heavy (non-hydrogen) atoms. The molecule has 1 unspecified atom stereocenters. The molecule has 0 bridgehead atoms. The van der Waals surface area contributed by atoms with Crippen LogP contribution in [0.2, 0.25) is 0 Å². The largest absolute Gasteiger partial charge is 0.393 e. The zero-order chi connectivity index (χ0) is 22.9. The molecule has 1 atom stereocenters. The molecule has 1 saturated heterocycles. The van der Waals surface area contributed by atoms with E-state index < -0.39 is 11.9 Å². The van der Waals surface area contributed by atoms with E-state index in [9.17, 15) is 19.5 Å². The maximum absolute atomic E-state index is 12.9. The lowest BCUT2D eigenvalue weighted by Crippen LogP contribution is -2.52. The van der Waals surface area contributed by atoms with Crippen LogP contribution < -0.4 is 10.6 Å². The summed E-state index contributed by atoms with van der Waals surface area (Å²) in [5.74, 6) is -0.860. The van der Waals surface area contributed by atoms with Crippen LogP contribution >= 0.6 is 0 Å². The second-order valence-corrected chi connectivity index (χ2v) is 9.21.